The Morgan fingerprint density at radius 3 is 2.24 bits per heavy atom. The van der Waals surface area contributed by atoms with E-state index in [9.17, 15) is 9.59 Å². The molecule has 0 aliphatic heterocycles. The molecule has 2 atom stereocenters. The highest BCUT2D eigenvalue weighted by Gasteiger charge is 2.25. The molecule has 0 radical (unpaired) electrons. The van der Waals surface area contributed by atoms with Crippen LogP contribution in [0.2, 0.25) is 0 Å². The molecule has 4 N–H and O–H groups in total. The molecular formula is C16H32N2O3. The van der Waals surface area contributed by atoms with E-state index >= 15 is 0 Å². The van der Waals surface area contributed by atoms with Crippen molar-refractivity contribution in [3.8, 4) is 0 Å². The third-order valence-corrected chi connectivity index (χ3v) is 3.94. The SMILES string of the molecule is CCCCC(NC(=O)CCC(CCN)C(C)(C)C)C(=O)O. The van der Waals surface area contributed by atoms with Gasteiger partial charge >= 0.3 is 5.97 Å². The molecule has 5 heteroatoms. The Morgan fingerprint density at radius 1 is 1.19 bits per heavy atom. The van der Waals surface area contributed by atoms with Gasteiger partial charge in [0.25, 0.3) is 0 Å². The third kappa shape index (κ3) is 8.71. The molecule has 0 saturated carbocycles. The maximum atomic E-state index is 12.0. The van der Waals surface area contributed by atoms with Gasteiger partial charge in [0.1, 0.15) is 6.04 Å². The molecule has 0 rings (SSSR count). The molecule has 0 spiro atoms. The average molecular weight is 300 g/mol. The van der Waals surface area contributed by atoms with E-state index in [1.165, 1.54) is 0 Å². The van der Waals surface area contributed by atoms with Gasteiger partial charge in [0.15, 0.2) is 0 Å². The first-order chi connectivity index (χ1) is 9.72. The van der Waals surface area contributed by atoms with E-state index in [4.69, 9.17) is 10.8 Å². The Morgan fingerprint density at radius 2 is 1.81 bits per heavy atom. The molecule has 0 fully saturated rings. The molecule has 0 heterocycles. The number of amides is 1. The molecule has 0 aromatic rings. The summed E-state index contributed by atoms with van der Waals surface area (Å²) in [5.41, 5.74) is 5.73. The lowest BCUT2D eigenvalue weighted by molar-refractivity contribution is -0.142. The third-order valence-electron chi connectivity index (χ3n) is 3.94. The van der Waals surface area contributed by atoms with Crippen molar-refractivity contribution in [2.45, 2.75) is 72.3 Å². The Balaban J connectivity index is 4.36. The van der Waals surface area contributed by atoms with Gasteiger partial charge in [-0.15, -0.1) is 0 Å². The monoisotopic (exact) mass is 300 g/mol. The predicted molar refractivity (Wildman–Crippen MR) is 84.9 cm³/mol. The fourth-order valence-electron chi connectivity index (χ4n) is 2.45. The van der Waals surface area contributed by atoms with E-state index in [-0.39, 0.29) is 11.3 Å². The quantitative estimate of drug-likeness (QED) is 0.578. The van der Waals surface area contributed by atoms with E-state index in [1.54, 1.807) is 0 Å². The van der Waals surface area contributed by atoms with Crippen molar-refractivity contribution in [3.05, 3.63) is 0 Å². The molecule has 0 aliphatic rings. The lowest BCUT2D eigenvalue weighted by Gasteiger charge is -2.30. The molecule has 0 bridgehead atoms. The summed E-state index contributed by atoms with van der Waals surface area (Å²) < 4.78 is 0. The Bertz CT molecular complexity index is 324. The van der Waals surface area contributed by atoms with Gasteiger partial charge in [-0.25, -0.2) is 4.79 Å². The highest BCUT2D eigenvalue weighted by Crippen LogP contribution is 2.32. The number of unbranched alkanes of at least 4 members (excludes halogenated alkanes) is 1. The zero-order valence-corrected chi connectivity index (χ0v) is 13.9. The first kappa shape index (κ1) is 19.9. The number of hydrogen-bond donors (Lipinski definition) is 3. The number of hydrogen-bond acceptors (Lipinski definition) is 3. The number of carboxylic acids is 1. The molecule has 5 nitrogen and oxygen atoms in total. The van der Waals surface area contributed by atoms with E-state index in [0.29, 0.717) is 25.3 Å². The van der Waals surface area contributed by atoms with Gasteiger partial charge < -0.3 is 16.2 Å². The summed E-state index contributed by atoms with van der Waals surface area (Å²) in [4.78, 5) is 23.1. The zero-order valence-electron chi connectivity index (χ0n) is 13.9. The summed E-state index contributed by atoms with van der Waals surface area (Å²) in [6, 6.07) is -0.764. The minimum atomic E-state index is -0.953. The lowest BCUT2D eigenvalue weighted by atomic mass is 9.76. The van der Waals surface area contributed by atoms with Crippen LogP contribution in [0.15, 0.2) is 0 Å². The fourth-order valence-corrected chi connectivity index (χ4v) is 2.45. The lowest BCUT2D eigenvalue weighted by Crippen LogP contribution is -2.41. The van der Waals surface area contributed by atoms with Crippen LogP contribution >= 0.6 is 0 Å². The van der Waals surface area contributed by atoms with Crippen LogP contribution in [0.5, 0.6) is 0 Å². The summed E-state index contributed by atoms with van der Waals surface area (Å²) in [6.07, 6.45) is 4.19. The Hall–Kier alpha value is -1.10. The molecule has 1 amide bonds. The Kier molecular flexibility index (Phi) is 9.26. The topological polar surface area (TPSA) is 92.4 Å². The molecule has 124 valence electrons. The van der Waals surface area contributed by atoms with Gasteiger partial charge in [0.2, 0.25) is 5.91 Å². The summed E-state index contributed by atoms with van der Waals surface area (Å²) in [5, 5.41) is 11.7. The van der Waals surface area contributed by atoms with Crippen LogP contribution in [0.25, 0.3) is 0 Å². The van der Waals surface area contributed by atoms with Crippen LogP contribution < -0.4 is 11.1 Å². The van der Waals surface area contributed by atoms with Gasteiger partial charge in [0.05, 0.1) is 0 Å². The number of carboxylic acid groups (broad SMARTS) is 1. The van der Waals surface area contributed by atoms with E-state index in [0.717, 1.165) is 25.7 Å². The van der Waals surface area contributed by atoms with Gasteiger partial charge in [-0.3, -0.25) is 4.79 Å². The molecule has 2 unspecified atom stereocenters. The molecule has 0 aromatic heterocycles. The molecule has 21 heavy (non-hydrogen) atoms. The van der Waals surface area contributed by atoms with Crippen LogP contribution in [-0.4, -0.2) is 29.6 Å². The second-order valence-corrected chi connectivity index (χ2v) is 6.78. The standard InChI is InChI=1S/C16H32N2O3/c1-5-6-7-13(15(20)21)18-14(19)9-8-12(10-11-17)16(2,3)4/h12-13H,5-11,17H2,1-4H3,(H,18,19)(H,20,21). The van der Waals surface area contributed by atoms with Gasteiger partial charge in [-0.1, -0.05) is 40.5 Å². The van der Waals surface area contributed by atoms with E-state index in [1.807, 2.05) is 6.92 Å². The smallest absolute Gasteiger partial charge is 0.326 e. The fraction of sp³-hybridized carbons (Fsp3) is 0.875. The van der Waals surface area contributed by atoms with E-state index < -0.39 is 12.0 Å². The average Bonchev–Trinajstić information content (AvgIpc) is 2.37. The normalized spacial score (nSPS) is 14.5. The number of nitrogens with two attached hydrogens (primary N) is 1. The molecular weight excluding hydrogens is 268 g/mol. The second-order valence-electron chi connectivity index (χ2n) is 6.78. The number of carbonyl (C=O) groups excluding carboxylic acids is 1. The first-order valence-corrected chi connectivity index (χ1v) is 7.94. The summed E-state index contributed by atoms with van der Waals surface area (Å²) in [7, 11) is 0. The van der Waals surface area contributed by atoms with Crippen molar-refractivity contribution in [1.82, 2.24) is 5.32 Å². The number of aliphatic carboxylic acids is 1. The largest absolute Gasteiger partial charge is 0.480 e. The predicted octanol–water partition coefficient (Wildman–Crippen LogP) is 2.54. The van der Waals surface area contributed by atoms with Crippen LogP contribution in [0.4, 0.5) is 0 Å². The number of carbonyl (C=O) groups is 2. The molecule has 0 saturated heterocycles. The van der Waals surface area contributed by atoms with E-state index in [2.05, 4.69) is 26.1 Å². The van der Waals surface area contributed by atoms with Gasteiger partial charge in [0, 0.05) is 6.42 Å². The summed E-state index contributed by atoms with van der Waals surface area (Å²) >= 11 is 0. The molecule has 0 aromatic carbocycles. The Labute approximate surface area is 128 Å². The minimum absolute atomic E-state index is 0.105. The zero-order chi connectivity index (χ0) is 16.5. The van der Waals surface area contributed by atoms with Crippen LogP contribution in [-0.2, 0) is 9.59 Å². The maximum Gasteiger partial charge on any atom is 0.326 e. The summed E-state index contributed by atoms with van der Waals surface area (Å²) in [6.45, 7) is 9.05. The van der Waals surface area contributed by atoms with Crippen LogP contribution in [0.1, 0.15) is 66.2 Å². The number of nitrogens with one attached hydrogen (secondary N) is 1. The van der Waals surface area contributed by atoms with Crippen molar-refractivity contribution in [2.24, 2.45) is 17.1 Å². The van der Waals surface area contributed by atoms with Crippen LogP contribution in [0.3, 0.4) is 0 Å². The van der Waals surface area contributed by atoms with Crippen molar-refractivity contribution in [2.75, 3.05) is 6.54 Å². The van der Waals surface area contributed by atoms with Gasteiger partial charge in [-0.05, 0) is 37.1 Å². The van der Waals surface area contributed by atoms with Crippen molar-refractivity contribution < 1.29 is 14.7 Å². The van der Waals surface area contributed by atoms with Crippen LogP contribution in [0, 0.1) is 11.3 Å². The highest BCUT2D eigenvalue weighted by atomic mass is 16.4. The maximum absolute atomic E-state index is 12.0. The second kappa shape index (κ2) is 9.77. The van der Waals surface area contributed by atoms with Crippen molar-refractivity contribution in [1.29, 1.82) is 0 Å². The highest BCUT2D eigenvalue weighted by molar-refractivity contribution is 5.83. The summed E-state index contributed by atoms with van der Waals surface area (Å²) in [5.74, 6) is -0.761. The number of rotatable bonds is 10. The van der Waals surface area contributed by atoms with Crippen molar-refractivity contribution in [3.63, 3.8) is 0 Å². The molecule has 0 aliphatic carbocycles. The van der Waals surface area contributed by atoms with Crippen molar-refractivity contribution >= 4 is 11.9 Å². The van der Waals surface area contributed by atoms with Gasteiger partial charge in [-0.2, -0.15) is 0 Å². The minimum Gasteiger partial charge on any atom is -0.480 e. The first-order valence-electron chi connectivity index (χ1n) is 7.94.